The van der Waals surface area contributed by atoms with Gasteiger partial charge < -0.3 is 9.80 Å². The SMILES string of the molecule is CN1C[C@@H](C(=O)N2CCC[C@@H](c3nccs3)C2)CC1=O. The monoisotopic (exact) mass is 293 g/mol. The molecular formula is C14H19N3O2S. The van der Waals surface area contributed by atoms with E-state index in [1.54, 1.807) is 23.3 Å². The molecular weight excluding hydrogens is 274 g/mol. The number of amides is 2. The third-order valence-corrected chi connectivity index (χ3v) is 5.16. The van der Waals surface area contributed by atoms with Gasteiger partial charge in [-0.3, -0.25) is 9.59 Å². The van der Waals surface area contributed by atoms with Gasteiger partial charge >= 0.3 is 0 Å². The normalized spacial score (nSPS) is 27.1. The average Bonchev–Trinajstić information content (AvgIpc) is 3.09. The molecule has 2 aliphatic rings. The van der Waals surface area contributed by atoms with Gasteiger partial charge in [-0.25, -0.2) is 4.98 Å². The fourth-order valence-corrected chi connectivity index (χ4v) is 3.87. The van der Waals surface area contributed by atoms with Crippen molar-refractivity contribution in [2.75, 3.05) is 26.7 Å². The van der Waals surface area contributed by atoms with E-state index in [2.05, 4.69) is 4.98 Å². The first-order chi connectivity index (χ1) is 9.65. The van der Waals surface area contributed by atoms with E-state index in [-0.39, 0.29) is 17.7 Å². The second-order valence-electron chi connectivity index (χ2n) is 5.67. The van der Waals surface area contributed by atoms with E-state index in [4.69, 9.17) is 0 Å². The van der Waals surface area contributed by atoms with Gasteiger partial charge in [0.1, 0.15) is 0 Å². The first-order valence-corrected chi connectivity index (χ1v) is 7.95. The van der Waals surface area contributed by atoms with Crippen molar-refractivity contribution in [3.05, 3.63) is 16.6 Å². The Kier molecular flexibility index (Phi) is 3.74. The Morgan fingerprint density at radius 2 is 2.30 bits per heavy atom. The van der Waals surface area contributed by atoms with Gasteiger partial charge in [0.15, 0.2) is 0 Å². The van der Waals surface area contributed by atoms with Crippen LogP contribution in [-0.4, -0.2) is 53.3 Å². The maximum atomic E-state index is 12.5. The number of hydrogen-bond donors (Lipinski definition) is 0. The van der Waals surface area contributed by atoms with Crippen LogP contribution in [0, 0.1) is 5.92 Å². The molecule has 0 N–H and O–H groups in total. The summed E-state index contributed by atoms with van der Waals surface area (Å²) in [6.07, 6.45) is 4.31. The lowest BCUT2D eigenvalue weighted by Crippen LogP contribution is -2.42. The molecule has 3 rings (SSSR count). The molecule has 3 heterocycles. The zero-order valence-electron chi connectivity index (χ0n) is 11.6. The molecule has 2 aliphatic heterocycles. The molecule has 2 fully saturated rings. The number of piperidine rings is 1. The van der Waals surface area contributed by atoms with Gasteiger partial charge in [-0.2, -0.15) is 0 Å². The van der Waals surface area contributed by atoms with Gasteiger partial charge in [-0.05, 0) is 12.8 Å². The molecule has 0 aromatic carbocycles. The van der Waals surface area contributed by atoms with Gasteiger partial charge in [0.25, 0.3) is 0 Å². The highest BCUT2D eigenvalue weighted by molar-refractivity contribution is 7.09. The van der Waals surface area contributed by atoms with Crippen LogP contribution in [0.1, 0.15) is 30.2 Å². The van der Waals surface area contributed by atoms with Crippen molar-refractivity contribution in [2.24, 2.45) is 5.92 Å². The Morgan fingerprint density at radius 3 is 2.95 bits per heavy atom. The van der Waals surface area contributed by atoms with Crippen LogP contribution in [-0.2, 0) is 9.59 Å². The van der Waals surface area contributed by atoms with Crippen molar-refractivity contribution < 1.29 is 9.59 Å². The van der Waals surface area contributed by atoms with Gasteiger partial charge in [0, 0.05) is 50.6 Å². The summed E-state index contributed by atoms with van der Waals surface area (Å²) in [6, 6.07) is 0. The molecule has 20 heavy (non-hydrogen) atoms. The summed E-state index contributed by atoms with van der Waals surface area (Å²) in [5.74, 6) is 0.436. The minimum Gasteiger partial charge on any atom is -0.345 e. The summed E-state index contributed by atoms with van der Waals surface area (Å²) in [7, 11) is 1.77. The lowest BCUT2D eigenvalue weighted by molar-refractivity contribution is -0.137. The first-order valence-electron chi connectivity index (χ1n) is 7.07. The highest BCUT2D eigenvalue weighted by Crippen LogP contribution is 2.30. The molecule has 0 radical (unpaired) electrons. The lowest BCUT2D eigenvalue weighted by Gasteiger charge is -2.33. The topological polar surface area (TPSA) is 53.5 Å². The Bertz CT molecular complexity index is 503. The average molecular weight is 293 g/mol. The van der Waals surface area contributed by atoms with Crippen LogP contribution in [0.25, 0.3) is 0 Å². The molecule has 0 spiro atoms. The standard InChI is InChI=1S/C14H19N3O2S/c1-16-8-11(7-12(16)18)14(19)17-5-2-3-10(9-17)13-15-4-6-20-13/h4,6,10-11H,2-3,5,7-9H2,1H3/t10-,11+/m1/s1. The van der Waals surface area contributed by atoms with E-state index in [9.17, 15) is 9.59 Å². The maximum Gasteiger partial charge on any atom is 0.228 e. The van der Waals surface area contributed by atoms with Gasteiger partial charge in [0.05, 0.1) is 10.9 Å². The Balaban J connectivity index is 1.65. The first kappa shape index (κ1) is 13.5. The van der Waals surface area contributed by atoms with Crippen molar-refractivity contribution in [2.45, 2.75) is 25.2 Å². The number of carbonyl (C=O) groups excluding carboxylic acids is 2. The second-order valence-corrected chi connectivity index (χ2v) is 6.60. The van der Waals surface area contributed by atoms with Crippen LogP contribution in [0.2, 0.25) is 0 Å². The summed E-state index contributed by atoms with van der Waals surface area (Å²) in [5, 5.41) is 3.11. The van der Waals surface area contributed by atoms with E-state index in [1.807, 2.05) is 16.5 Å². The molecule has 0 bridgehead atoms. The van der Waals surface area contributed by atoms with Gasteiger partial charge in [-0.1, -0.05) is 0 Å². The number of likely N-dealkylation sites (tertiary alicyclic amines) is 2. The van der Waals surface area contributed by atoms with E-state index in [0.717, 1.165) is 30.9 Å². The van der Waals surface area contributed by atoms with Crippen LogP contribution < -0.4 is 0 Å². The summed E-state index contributed by atoms with van der Waals surface area (Å²) in [4.78, 5) is 32.1. The van der Waals surface area contributed by atoms with Crippen LogP contribution in [0.4, 0.5) is 0 Å². The summed E-state index contributed by atoms with van der Waals surface area (Å²) < 4.78 is 0. The number of nitrogens with zero attached hydrogens (tertiary/aromatic N) is 3. The Labute approximate surface area is 122 Å². The highest BCUT2D eigenvalue weighted by atomic mass is 32.1. The number of rotatable bonds is 2. The minimum atomic E-state index is -0.150. The van der Waals surface area contributed by atoms with Gasteiger partial charge in [0.2, 0.25) is 11.8 Å². The fraction of sp³-hybridized carbons (Fsp3) is 0.643. The predicted octanol–water partition coefficient (Wildman–Crippen LogP) is 1.33. The fourth-order valence-electron chi connectivity index (χ4n) is 3.10. The number of aromatic nitrogens is 1. The maximum absolute atomic E-state index is 12.5. The van der Waals surface area contributed by atoms with Gasteiger partial charge in [-0.15, -0.1) is 11.3 Å². The molecule has 108 valence electrons. The number of hydrogen-bond acceptors (Lipinski definition) is 4. The third kappa shape index (κ3) is 2.57. The third-order valence-electron chi connectivity index (χ3n) is 4.22. The molecule has 6 heteroatoms. The van der Waals surface area contributed by atoms with E-state index < -0.39 is 0 Å². The molecule has 0 aliphatic carbocycles. The van der Waals surface area contributed by atoms with E-state index >= 15 is 0 Å². The Morgan fingerprint density at radius 1 is 1.45 bits per heavy atom. The summed E-state index contributed by atoms with van der Waals surface area (Å²) in [5.41, 5.74) is 0. The molecule has 0 unspecified atom stereocenters. The molecule has 1 aromatic heterocycles. The molecule has 0 saturated carbocycles. The van der Waals surface area contributed by atoms with Crippen molar-refractivity contribution in [1.82, 2.24) is 14.8 Å². The highest BCUT2D eigenvalue weighted by Gasteiger charge is 2.36. The molecule has 2 amide bonds. The molecule has 2 atom stereocenters. The van der Waals surface area contributed by atoms with Crippen LogP contribution in [0.5, 0.6) is 0 Å². The zero-order chi connectivity index (χ0) is 14.1. The Hall–Kier alpha value is -1.43. The number of thiazole rings is 1. The quantitative estimate of drug-likeness (QED) is 0.826. The smallest absolute Gasteiger partial charge is 0.228 e. The van der Waals surface area contributed by atoms with Crippen molar-refractivity contribution in [3.63, 3.8) is 0 Å². The van der Waals surface area contributed by atoms with Crippen molar-refractivity contribution in [1.29, 1.82) is 0 Å². The number of carbonyl (C=O) groups is 2. The van der Waals surface area contributed by atoms with Crippen molar-refractivity contribution >= 4 is 23.2 Å². The van der Waals surface area contributed by atoms with E-state index in [1.165, 1.54) is 0 Å². The van der Waals surface area contributed by atoms with Crippen LogP contribution >= 0.6 is 11.3 Å². The summed E-state index contributed by atoms with van der Waals surface area (Å²) >= 11 is 1.66. The van der Waals surface area contributed by atoms with Crippen LogP contribution in [0.15, 0.2) is 11.6 Å². The predicted molar refractivity (Wildman–Crippen MR) is 76.4 cm³/mol. The van der Waals surface area contributed by atoms with Crippen LogP contribution in [0.3, 0.4) is 0 Å². The summed E-state index contributed by atoms with van der Waals surface area (Å²) in [6.45, 7) is 2.13. The van der Waals surface area contributed by atoms with E-state index in [0.29, 0.717) is 18.9 Å². The largest absolute Gasteiger partial charge is 0.345 e. The minimum absolute atomic E-state index is 0.0804. The lowest BCUT2D eigenvalue weighted by atomic mass is 9.96. The molecule has 2 saturated heterocycles. The molecule has 5 nitrogen and oxygen atoms in total. The second kappa shape index (κ2) is 5.52. The molecule has 1 aromatic rings. The van der Waals surface area contributed by atoms with Crippen molar-refractivity contribution in [3.8, 4) is 0 Å². The zero-order valence-corrected chi connectivity index (χ0v) is 12.4.